The minimum absolute atomic E-state index is 0.142. The van der Waals surface area contributed by atoms with E-state index in [0.29, 0.717) is 23.5 Å². The maximum atomic E-state index is 5.98. The lowest BCUT2D eigenvalue weighted by atomic mass is 9.76. The van der Waals surface area contributed by atoms with E-state index >= 15 is 0 Å². The average Bonchev–Trinajstić information content (AvgIpc) is 2.68. The van der Waals surface area contributed by atoms with Gasteiger partial charge in [0.15, 0.2) is 0 Å². The second-order valence-electron chi connectivity index (χ2n) is 4.81. The molecule has 3 heterocycles. The molecule has 0 spiro atoms. The summed E-state index contributed by atoms with van der Waals surface area (Å²) in [6.07, 6.45) is 2.43. The van der Waals surface area contributed by atoms with E-state index in [0.717, 1.165) is 17.8 Å². The molecule has 1 fully saturated rings. The molecule has 3 rings (SSSR count). The summed E-state index contributed by atoms with van der Waals surface area (Å²) >= 11 is 12.0. The fourth-order valence-corrected chi connectivity index (χ4v) is 2.72. The van der Waals surface area contributed by atoms with E-state index in [-0.39, 0.29) is 5.41 Å². The molecule has 7 heteroatoms. The van der Waals surface area contributed by atoms with E-state index in [4.69, 9.17) is 27.9 Å². The Labute approximate surface area is 120 Å². The van der Waals surface area contributed by atoms with Gasteiger partial charge in [-0.2, -0.15) is 0 Å². The van der Waals surface area contributed by atoms with Crippen molar-refractivity contribution in [2.24, 2.45) is 7.05 Å². The molecule has 0 aromatic carbocycles. The highest BCUT2D eigenvalue weighted by Gasteiger charge is 2.42. The van der Waals surface area contributed by atoms with E-state index < -0.39 is 0 Å². The molecule has 1 saturated heterocycles. The predicted molar refractivity (Wildman–Crippen MR) is 71.5 cm³/mol. The Morgan fingerprint density at radius 3 is 2.47 bits per heavy atom. The molecule has 0 amide bonds. The molecule has 2 aromatic heterocycles. The van der Waals surface area contributed by atoms with Crippen LogP contribution in [0.2, 0.25) is 10.3 Å². The van der Waals surface area contributed by atoms with Crippen molar-refractivity contribution in [2.45, 2.75) is 11.8 Å². The Balaban J connectivity index is 1.97. The lowest BCUT2D eigenvalue weighted by Crippen LogP contribution is -2.49. The number of pyridine rings is 1. The Kier molecular flexibility index (Phi) is 3.20. The lowest BCUT2D eigenvalue weighted by Gasteiger charge is -2.41. The first-order valence-electron chi connectivity index (χ1n) is 5.83. The van der Waals surface area contributed by atoms with Crippen LogP contribution in [0.4, 0.5) is 0 Å². The summed E-state index contributed by atoms with van der Waals surface area (Å²) in [5, 5.41) is 8.82. The molecule has 1 aliphatic heterocycles. The number of ether oxygens (including phenoxy) is 1. The molecule has 5 nitrogen and oxygen atoms in total. The van der Waals surface area contributed by atoms with Crippen LogP contribution in [-0.2, 0) is 23.6 Å². The van der Waals surface area contributed by atoms with Gasteiger partial charge in [-0.05, 0) is 17.7 Å². The zero-order valence-corrected chi connectivity index (χ0v) is 11.8. The highest BCUT2D eigenvalue weighted by atomic mass is 35.5. The molecule has 0 aliphatic carbocycles. The number of rotatable bonds is 3. The van der Waals surface area contributed by atoms with Gasteiger partial charge in [-0.15, -0.1) is 10.2 Å². The van der Waals surface area contributed by atoms with E-state index in [9.17, 15) is 0 Å². The fraction of sp³-hybridized carbons (Fsp3) is 0.417. The van der Waals surface area contributed by atoms with Crippen molar-refractivity contribution in [2.75, 3.05) is 13.2 Å². The summed E-state index contributed by atoms with van der Waals surface area (Å²) in [5.74, 6) is 0.910. The summed E-state index contributed by atoms with van der Waals surface area (Å²) < 4.78 is 7.30. The van der Waals surface area contributed by atoms with E-state index in [1.807, 2.05) is 23.7 Å². The molecule has 1 aliphatic rings. The van der Waals surface area contributed by atoms with E-state index in [2.05, 4.69) is 15.2 Å². The van der Waals surface area contributed by atoms with Gasteiger partial charge in [0, 0.05) is 18.9 Å². The van der Waals surface area contributed by atoms with Crippen LogP contribution in [0.3, 0.4) is 0 Å². The average molecular weight is 299 g/mol. The molecular weight excluding hydrogens is 287 g/mol. The van der Waals surface area contributed by atoms with Gasteiger partial charge in [-0.25, -0.2) is 4.98 Å². The summed E-state index contributed by atoms with van der Waals surface area (Å²) in [6.45, 7) is 1.24. The Hall–Kier alpha value is -1.17. The van der Waals surface area contributed by atoms with Crippen molar-refractivity contribution in [1.29, 1.82) is 0 Å². The third-order valence-corrected chi connectivity index (χ3v) is 3.82. The van der Waals surface area contributed by atoms with Gasteiger partial charge >= 0.3 is 0 Å². The molecule has 0 unspecified atom stereocenters. The van der Waals surface area contributed by atoms with E-state index in [1.54, 1.807) is 6.33 Å². The minimum Gasteiger partial charge on any atom is -0.379 e. The molecule has 0 bridgehead atoms. The van der Waals surface area contributed by atoms with Crippen LogP contribution < -0.4 is 0 Å². The second-order valence-corrected chi connectivity index (χ2v) is 5.58. The third kappa shape index (κ3) is 2.33. The number of halogens is 2. The first-order chi connectivity index (χ1) is 9.09. The standard InChI is InChI=1S/C12H12Cl2N4O/c1-18-7-15-17-11(18)4-12(5-19-6-12)8-2-9(13)16-10(14)3-8/h2-3,7H,4-6H2,1H3. The quantitative estimate of drug-likeness (QED) is 0.814. The maximum absolute atomic E-state index is 5.98. The summed E-state index contributed by atoms with van der Waals surface area (Å²) in [5.41, 5.74) is 0.892. The van der Waals surface area contributed by atoms with Crippen LogP contribution in [0.25, 0.3) is 0 Å². The first kappa shape index (κ1) is 12.8. The second kappa shape index (κ2) is 4.74. The smallest absolute Gasteiger partial charge is 0.133 e. The van der Waals surface area contributed by atoms with Crippen LogP contribution >= 0.6 is 23.2 Å². The Morgan fingerprint density at radius 1 is 1.32 bits per heavy atom. The zero-order chi connectivity index (χ0) is 13.5. The monoisotopic (exact) mass is 298 g/mol. The van der Waals surface area contributed by atoms with Gasteiger partial charge < -0.3 is 9.30 Å². The molecular formula is C12H12Cl2N4O. The van der Waals surface area contributed by atoms with Gasteiger partial charge in [0.2, 0.25) is 0 Å². The number of aromatic nitrogens is 4. The van der Waals surface area contributed by atoms with Crippen LogP contribution in [0, 0.1) is 0 Å². The molecule has 0 saturated carbocycles. The molecule has 100 valence electrons. The number of hydrogen-bond acceptors (Lipinski definition) is 4. The Morgan fingerprint density at radius 2 is 2.00 bits per heavy atom. The van der Waals surface area contributed by atoms with Crippen molar-refractivity contribution in [3.05, 3.63) is 40.2 Å². The highest BCUT2D eigenvalue weighted by Crippen LogP contribution is 2.37. The minimum atomic E-state index is -0.142. The SMILES string of the molecule is Cn1cnnc1CC1(c2cc(Cl)nc(Cl)c2)COC1. The largest absolute Gasteiger partial charge is 0.379 e. The topological polar surface area (TPSA) is 52.8 Å². The van der Waals surface area contributed by atoms with Gasteiger partial charge in [-0.3, -0.25) is 0 Å². The van der Waals surface area contributed by atoms with Crippen molar-refractivity contribution < 1.29 is 4.74 Å². The van der Waals surface area contributed by atoms with Crippen molar-refractivity contribution in [1.82, 2.24) is 19.7 Å². The molecule has 0 radical (unpaired) electrons. The highest BCUT2D eigenvalue weighted by molar-refractivity contribution is 6.32. The van der Waals surface area contributed by atoms with Crippen LogP contribution in [0.15, 0.2) is 18.5 Å². The Bertz CT molecular complexity index is 589. The summed E-state index contributed by atoms with van der Waals surface area (Å²) in [6, 6.07) is 3.68. The van der Waals surface area contributed by atoms with Gasteiger partial charge in [-0.1, -0.05) is 23.2 Å². The number of nitrogens with zero attached hydrogens (tertiary/aromatic N) is 4. The van der Waals surface area contributed by atoms with E-state index in [1.165, 1.54) is 0 Å². The van der Waals surface area contributed by atoms with Crippen LogP contribution in [0.5, 0.6) is 0 Å². The maximum Gasteiger partial charge on any atom is 0.133 e. The zero-order valence-electron chi connectivity index (χ0n) is 10.3. The number of hydrogen-bond donors (Lipinski definition) is 0. The van der Waals surface area contributed by atoms with Crippen LogP contribution in [-0.4, -0.2) is 33.0 Å². The van der Waals surface area contributed by atoms with Crippen molar-refractivity contribution in [3.63, 3.8) is 0 Å². The van der Waals surface area contributed by atoms with Crippen molar-refractivity contribution in [3.8, 4) is 0 Å². The normalized spacial score (nSPS) is 17.2. The molecule has 0 N–H and O–H groups in total. The molecule has 2 aromatic rings. The van der Waals surface area contributed by atoms with Gasteiger partial charge in [0.1, 0.15) is 22.5 Å². The lowest BCUT2D eigenvalue weighted by molar-refractivity contribution is -0.0611. The first-order valence-corrected chi connectivity index (χ1v) is 6.59. The van der Waals surface area contributed by atoms with Gasteiger partial charge in [0.05, 0.1) is 13.2 Å². The van der Waals surface area contributed by atoms with Crippen molar-refractivity contribution >= 4 is 23.2 Å². The molecule has 0 atom stereocenters. The van der Waals surface area contributed by atoms with Crippen LogP contribution in [0.1, 0.15) is 11.4 Å². The third-order valence-electron chi connectivity index (χ3n) is 3.43. The summed E-state index contributed by atoms with van der Waals surface area (Å²) in [4.78, 5) is 3.98. The van der Waals surface area contributed by atoms with Gasteiger partial charge in [0.25, 0.3) is 0 Å². The fourth-order valence-electron chi connectivity index (χ4n) is 2.26. The predicted octanol–water partition coefficient (Wildman–Crippen LogP) is 2.03. The summed E-state index contributed by atoms with van der Waals surface area (Å²) in [7, 11) is 1.93. The number of aryl methyl sites for hydroxylation is 1. The molecule has 19 heavy (non-hydrogen) atoms.